The van der Waals surface area contributed by atoms with Crippen LogP contribution in [0, 0.1) is 17.3 Å². The molecule has 4 bridgehead atoms. The molecule has 6 heteroatoms. The van der Waals surface area contributed by atoms with Gasteiger partial charge in [-0.25, -0.2) is 8.42 Å². The van der Waals surface area contributed by atoms with Crippen LogP contribution in [0.1, 0.15) is 51.4 Å². The Morgan fingerprint density at radius 2 is 1.86 bits per heavy atom. The monoisotopic (exact) mass is 389 g/mol. The van der Waals surface area contributed by atoms with E-state index in [0.29, 0.717) is 12.8 Å². The van der Waals surface area contributed by atoms with Crippen molar-refractivity contribution in [1.82, 2.24) is 5.32 Å². The molecule has 4 saturated carbocycles. The van der Waals surface area contributed by atoms with E-state index in [1.807, 2.05) is 0 Å². The molecule has 5 aliphatic rings. The Bertz CT molecular complexity index is 589. The van der Waals surface area contributed by atoms with Crippen molar-refractivity contribution in [3.63, 3.8) is 0 Å². The summed E-state index contributed by atoms with van der Waals surface area (Å²) in [7, 11) is -2.93. The van der Waals surface area contributed by atoms with E-state index in [1.165, 1.54) is 32.1 Å². The third-order valence-corrected chi connectivity index (χ3v) is 8.94. The Labute approximate surface area is 140 Å². The third-order valence-electron chi connectivity index (χ3n) is 6.24. The maximum absolute atomic E-state index is 12.5. The van der Waals surface area contributed by atoms with Gasteiger partial charge in [0.1, 0.15) is 0 Å². The average molecular weight is 390 g/mol. The molecular weight excluding hydrogens is 366 g/mol. The molecule has 0 aromatic rings. The molecule has 4 aliphatic carbocycles. The van der Waals surface area contributed by atoms with Gasteiger partial charge < -0.3 is 5.32 Å². The standard InChI is InChI=1S/C16H24BrNO3S/c17-16-6-11-3-12(7-16)5-15(4-11,10-16)8-14(19)18-13-1-2-22(20,21)9-13/h11-13H,1-10H2,(H,18,19). The number of rotatable bonds is 3. The minimum absolute atomic E-state index is 0.0696. The van der Waals surface area contributed by atoms with Crippen LogP contribution in [-0.4, -0.2) is 36.2 Å². The summed E-state index contributed by atoms with van der Waals surface area (Å²) in [5.41, 5.74) is 0.162. The lowest BCUT2D eigenvalue weighted by Crippen LogP contribution is -2.54. The van der Waals surface area contributed by atoms with Crippen LogP contribution in [0.5, 0.6) is 0 Å². The molecule has 0 aromatic heterocycles. The third kappa shape index (κ3) is 2.85. The van der Waals surface area contributed by atoms with Gasteiger partial charge in [-0.1, -0.05) is 15.9 Å². The first-order valence-electron chi connectivity index (χ1n) is 8.44. The van der Waals surface area contributed by atoms with Gasteiger partial charge in [0.2, 0.25) is 5.91 Å². The maximum Gasteiger partial charge on any atom is 0.220 e. The van der Waals surface area contributed by atoms with Gasteiger partial charge in [0, 0.05) is 16.8 Å². The number of carbonyl (C=O) groups is 1. The number of sulfone groups is 1. The molecule has 0 spiro atoms. The van der Waals surface area contributed by atoms with E-state index in [0.717, 1.165) is 18.3 Å². The fourth-order valence-electron chi connectivity index (χ4n) is 6.07. The lowest BCUT2D eigenvalue weighted by molar-refractivity contribution is -0.128. The Hall–Kier alpha value is -0.100. The zero-order chi connectivity index (χ0) is 15.6. The highest BCUT2D eigenvalue weighted by molar-refractivity contribution is 9.10. The molecule has 1 saturated heterocycles. The van der Waals surface area contributed by atoms with Crippen molar-refractivity contribution < 1.29 is 13.2 Å². The molecule has 4 nitrogen and oxygen atoms in total. The summed E-state index contributed by atoms with van der Waals surface area (Å²) in [6.07, 6.45) is 8.54. The number of alkyl halides is 1. The largest absolute Gasteiger partial charge is 0.352 e. The molecule has 22 heavy (non-hydrogen) atoms. The number of hydrogen-bond donors (Lipinski definition) is 1. The Morgan fingerprint density at radius 3 is 2.41 bits per heavy atom. The number of halogens is 1. The van der Waals surface area contributed by atoms with Gasteiger partial charge in [0.25, 0.3) is 0 Å². The number of amides is 1. The van der Waals surface area contributed by atoms with Crippen LogP contribution < -0.4 is 5.32 Å². The molecule has 124 valence electrons. The van der Waals surface area contributed by atoms with Gasteiger partial charge in [0.05, 0.1) is 11.5 Å². The summed E-state index contributed by atoms with van der Waals surface area (Å²) in [6.45, 7) is 0. The van der Waals surface area contributed by atoms with E-state index in [2.05, 4.69) is 21.2 Å². The first-order valence-corrected chi connectivity index (χ1v) is 11.1. The highest BCUT2D eigenvalue weighted by atomic mass is 79.9. The van der Waals surface area contributed by atoms with E-state index in [-0.39, 0.29) is 33.2 Å². The van der Waals surface area contributed by atoms with Gasteiger partial charge in [-0.15, -0.1) is 0 Å². The highest BCUT2D eigenvalue weighted by Crippen LogP contribution is 2.65. The molecule has 1 heterocycles. The smallest absolute Gasteiger partial charge is 0.220 e. The van der Waals surface area contributed by atoms with E-state index < -0.39 is 9.84 Å². The number of hydrogen-bond acceptors (Lipinski definition) is 3. The van der Waals surface area contributed by atoms with Crippen LogP contribution in [0.15, 0.2) is 0 Å². The molecule has 3 atom stereocenters. The van der Waals surface area contributed by atoms with Crippen LogP contribution in [0.3, 0.4) is 0 Å². The first-order chi connectivity index (χ1) is 10.3. The Kier molecular flexibility index (Phi) is 3.47. The van der Waals surface area contributed by atoms with Crippen molar-refractivity contribution in [2.75, 3.05) is 11.5 Å². The van der Waals surface area contributed by atoms with E-state index >= 15 is 0 Å². The zero-order valence-corrected chi connectivity index (χ0v) is 15.2. The van der Waals surface area contributed by atoms with Gasteiger partial charge in [-0.05, 0) is 62.2 Å². The van der Waals surface area contributed by atoms with Crippen LogP contribution in [0.25, 0.3) is 0 Å². The lowest BCUT2D eigenvalue weighted by Gasteiger charge is -2.60. The zero-order valence-electron chi connectivity index (χ0n) is 12.8. The van der Waals surface area contributed by atoms with Crippen molar-refractivity contribution in [2.45, 2.75) is 61.7 Å². The molecule has 1 aliphatic heterocycles. The minimum atomic E-state index is -2.93. The maximum atomic E-state index is 12.5. The minimum Gasteiger partial charge on any atom is -0.352 e. The van der Waals surface area contributed by atoms with Gasteiger partial charge in [-0.2, -0.15) is 0 Å². The second-order valence-corrected chi connectivity index (χ2v) is 12.4. The predicted octanol–water partition coefficient (Wildman–Crippen LogP) is 2.41. The molecule has 3 unspecified atom stereocenters. The number of nitrogens with one attached hydrogen (secondary N) is 1. The summed E-state index contributed by atoms with van der Waals surface area (Å²) in [4.78, 5) is 12.5. The first kappa shape index (κ1) is 15.4. The second-order valence-electron chi connectivity index (χ2n) is 8.46. The van der Waals surface area contributed by atoms with Crippen molar-refractivity contribution in [3.8, 4) is 0 Å². The summed E-state index contributed by atoms with van der Waals surface area (Å²) < 4.78 is 23.3. The van der Waals surface area contributed by atoms with Gasteiger partial charge in [0.15, 0.2) is 9.84 Å². The Morgan fingerprint density at radius 1 is 1.18 bits per heavy atom. The summed E-state index contributed by atoms with van der Waals surface area (Å²) in [5, 5.41) is 2.99. The normalized spacial score (nSPS) is 48.5. The summed E-state index contributed by atoms with van der Waals surface area (Å²) in [5.74, 6) is 1.97. The summed E-state index contributed by atoms with van der Waals surface area (Å²) in [6, 6.07) is -0.163. The molecule has 0 radical (unpaired) electrons. The second kappa shape index (κ2) is 4.95. The predicted molar refractivity (Wildman–Crippen MR) is 88.6 cm³/mol. The number of carbonyl (C=O) groups excluding carboxylic acids is 1. The van der Waals surface area contributed by atoms with Crippen LogP contribution in [0.4, 0.5) is 0 Å². The Balaban J connectivity index is 1.42. The van der Waals surface area contributed by atoms with Gasteiger partial charge >= 0.3 is 0 Å². The quantitative estimate of drug-likeness (QED) is 0.753. The van der Waals surface area contributed by atoms with Crippen molar-refractivity contribution >= 4 is 31.7 Å². The van der Waals surface area contributed by atoms with Crippen LogP contribution in [-0.2, 0) is 14.6 Å². The van der Waals surface area contributed by atoms with Crippen molar-refractivity contribution in [3.05, 3.63) is 0 Å². The topological polar surface area (TPSA) is 63.2 Å². The highest BCUT2D eigenvalue weighted by Gasteiger charge is 2.57. The van der Waals surface area contributed by atoms with Crippen LogP contribution >= 0.6 is 15.9 Å². The molecule has 1 amide bonds. The van der Waals surface area contributed by atoms with Crippen LogP contribution in [0.2, 0.25) is 0 Å². The molecular formula is C16H24BrNO3S. The SMILES string of the molecule is O=C(CC12CC3CC(CC(Br)(C3)C1)C2)NC1CCS(=O)(=O)C1. The van der Waals surface area contributed by atoms with E-state index in [9.17, 15) is 13.2 Å². The molecule has 1 N–H and O–H groups in total. The molecule has 5 fully saturated rings. The summed E-state index contributed by atoms with van der Waals surface area (Å²) >= 11 is 3.97. The molecule has 5 rings (SSSR count). The van der Waals surface area contributed by atoms with E-state index in [4.69, 9.17) is 0 Å². The fourth-order valence-corrected chi connectivity index (χ4v) is 9.25. The van der Waals surface area contributed by atoms with Gasteiger partial charge in [-0.3, -0.25) is 4.79 Å². The van der Waals surface area contributed by atoms with Crippen molar-refractivity contribution in [2.24, 2.45) is 17.3 Å². The average Bonchev–Trinajstić information content (AvgIpc) is 2.63. The van der Waals surface area contributed by atoms with E-state index in [1.54, 1.807) is 0 Å². The fraction of sp³-hybridized carbons (Fsp3) is 0.938. The molecule has 0 aromatic carbocycles. The van der Waals surface area contributed by atoms with Crippen molar-refractivity contribution in [1.29, 1.82) is 0 Å². The lowest BCUT2D eigenvalue weighted by atomic mass is 9.48.